The fraction of sp³-hybridized carbons (Fsp3) is 0.167. The predicted molar refractivity (Wildman–Crippen MR) is 126 cm³/mol. The molecule has 1 atom stereocenters. The maximum Gasteiger partial charge on any atom is 0.277 e. The summed E-state index contributed by atoms with van der Waals surface area (Å²) in [6.07, 6.45) is 2.14. The number of carbonyl (C=O) groups excluding carboxylic acids is 1. The monoisotopic (exact) mass is 478 g/mol. The summed E-state index contributed by atoms with van der Waals surface area (Å²) in [6.45, 7) is 1.98. The maximum absolute atomic E-state index is 13.1. The van der Waals surface area contributed by atoms with Gasteiger partial charge in [0, 0.05) is 17.0 Å². The fourth-order valence-corrected chi connectivity index (χ4v) is 4.38. The van der Waals surface area contributed by atoms with Crippen LogP contribution in [0.4, 0.5) is 0 Å². The minimum absolute atomic E-state index is 0.101. The Hall–Kier alpha value is -3.36. The van der Waals surface area contributed by atoms with Crippen LogP contribution in [0.15, 0.2) is 86.1 Å². The van der Waals surface area contributed by atoms with Crippen molar-refractivity contribution in [3.63, 3.8) is 0 Å². The molecule has 5 rings (SSSR count). The molecule has 1 aliphatic rings. The summed E-state index contributed by atoms with van der Waals surface area (Å²) in [5, 5.41) is 15.3. The zero-order valence-corrected chi connectivity index (χ0v) is 19.2. The van der Waals surface area contributed by atoms with Crippen molar-refractivity contribution in [3.8, 4) is 11.5 Å². The van der Waals surface area contributed by atoms with Crippen molar-refractivity contribution in [2.75, 3.05) is 5.75 Å². The lowest BCUT2D eigenvalue weighted by molar-refractivity contribution is -0.130. The van der Waals surface area contributed by atoms with Gasteiger partial charge in [0.25, 0.3) is 11.1 Å². The van der Waals surface area contributed by atoms with E-state index in [0.29, 0.717) is 28.3 Å². The molecule has 0 saturated carbocycles. The third-order valence-corrected chi connectivity index (χ3v) is 6.37. The summed E-state index contributed by atoms with van der Waals surface area (Å²) in [5.41, 5.74) is 3.62. The number of furan rings is 1. The van der Waals surface area contributed by atoms with Crippen LogP contribution in [0.3, 0.4) is 0 Å². The van der Waals surface area contributed by atoms with Gasteiger partial charge < -0.3 is 8.83 Å². The Kier molecular flexibility index (Phi) is 6.02. The lowest BCUT2D eigenvalue weighted by atomic mass is 10.0. The number of benzene rings is 2. The summed E-state index contributed by atoms with van der Waals surface area (Å²) in [4.78, 5) is 13.1. The Labute approximate surface area is 199 Å². The molecule has 0 aliphatic carbocycles. The molecule has 1 aliphatic heterocycles. The lowest BCUT2D eigenvalue weighted by Crippen LogP contribution is -2.28. The van der Waals surface area contributed by atoms with Gasteiger partial charge in [-0.1, -0.05) is 53.7 Å². The molecular formula is C24H19ClN4O3S. The molecule has 0 saturated heterocycles. The lowest BCUT2D eigenvalue weighted by Gasteiger charge is -2.19. The molecule has 0 N–H and O–H groups in total. The van der Waals surface area contributed by atoms with Crippen LogP contribution >= 0.6 is 23.4 Å². The highest BCUT2D eigenvalue weighted by molar-refractivity contribution is 7.99. The molecule has 1 unspecified atom stereocenters. The van der Waals surface area contributed by atoms with Crippen LogP contribution in [0.1, 0.15) is 29.3 Å². The SMILES string of the molecule is Cc1ccccc1-c1nnc(SCC(=O)N2N=C(c3ccc(Cl)cc3)CC2c2ccco2)o1. The van der Waals surface area contributed by atoms with Crippen molar-refractivity contribution < 1.29 is 13.6 Å². The summed E-state index contributed by atoms with van der Waals surface area (Å²) in [5.74, 6) is 1.03. The second-order valence-electron chi connectivity index (χ2n) is 7.50. The molecule has 3 heterocycles. The van der Waals surface area contributed by atoms with Crippen molar-refractivity contribution in [2.24, 2.45) is 5.10 Å². The van der Waals surface area contributed by atoms with Crippen LogP contribution in [0, 0.1) is 6.92 Å². The van der Waals surface area contributed by atoms with Crippen LogP contribution < -0.4 is 0 Å². The topological polar surface area (TPSA) is 84.7 Å². The molecule has 9 heteroatoms. The number of rotatable bonds is 6. The number of aromatic nitrogens is 2. The van der Waals surface area contributed by atoms with E-state index in [4.69, 9.17) is 20.4 Å². The van der Waals surface area contributed by atoms with Gasteiger partial charge in [0.1, 0.15) is 11.8 Å². The van der Waals surface area contributed by atoms with E-state index in [0.717, 1.165) is 22.4 Å². The molecule has 0 radical (unpaired) electrons. The maximum atomic E-state index is 13.1. The Morgan fingerprint density at radius 1 is 1.12 bits per heavy atom. The molecule has 7 nitrogen and oxygen atoms in total. The average Bonchev–Trinajstić information content (AvgIpc) is 3.59. The number of hydrazone groups is 1. The summed E-state index contributed by atoms with van der Waals surface area (Å²) < 4.78 is 11.4. The number of amides is 1. The molecule has 0 bridgehead atoms. The molecule has 2 aromatic carbocycles. The molecule has 1 amide bonds. The molecule has 2 aromatic heterocycles. The fourth-order valence-electron chi connectivity index (χ4n) is 3.64. The van der Waals surface area contributed by atoms with Crippen molar-refractivity contribution >= 4 is 35.0 Å². The van der Waals surface area contributed by atoms with E-state index in [9.17, 15) is 4.79 Å². The van der Waals surface area contributed by atoms with Crippen LogP contribution in [0.25, 0.3) is 11.5 Å². The second kappa shape index (κ2) is 9.25. The largest absolute Gasteiger partial charge is 0.467 e. The van der Waals surface area contributed by atoms with Gasteiger partial charge >= 0.3 is 0 Å². The summed E-state index contributed by atoms with van der Waals surface area (Å²) >= 11 is 7.20. The Balaban J connectivity index is 1.32. The number of nitrogens with zero attached hydrogens (tertiary/aromatic N) is 4. The van der Waals surface area contributed by atoms with Crippen molar-refractivity contribution in [1.82, 2.24) is 15.2 Å². The number of halogens is 1. The third-order valence-electron chi connectivity index (χ3n) is 5.32. The molecular weight excluding hydrogens is 460 g/mol. The highest BCUT2D eigenvalue weighted by Crippen LogP contribution is 2.34. The van der Waals surface area contributed by atoms with E-state index in [1.54, 1.807) is 12.3 Å². The first kappa shape index (κ1) is 21.5. The quantitative estimate of drug-likeness (QED) is 0.327. The van der Waals surface area contributed by atoms with E-state index >= 15 is 0 Å². The number of aryl methyl sites for hydroxylation is 1. The van der Waals surface area contributed by atoms with Crippen molar-refractivity contribution in [2.45, 2.75) is 24.6 Å². The van der Waals surface area contributed by atoms with Crippen LogP contribution in [-0.4, -0.2) is 32.6 Å². The van der Waals surface area contributed by atoms with Gasteiger partial charge in [0.05, 0.1) is 17.7 Å². The van der Waals surface area contributed by atoms with Crippen LogP contribution in [0.5, 0.6) is 0 Å². The standard InChI is InChI=1S/C24H19ClN4O3S/c1-15-5-2-3-6-18(15)23-26-27-24(32-23)33-14-22(30)29-20(21-7-4-12-31-21)13-19(28-29)16-8-10-17(25)11-9-16/h2-12,20H,13-14H2,1H3. The number of thioether (sulfide) groups is 1. The Morgan fingerprint density at radius 3 is 2.70 bits per heavy atom. The zero-order valence-electron chi connectivity index (χ0n) is 17.6. The van der Waals surface area contributed by atoms with Crippen molar-refractivity contribution in [3.05, 3.63) is 88.8 Å². The number of hydrogen-bond donors (Lipinski definition) is 0. The van der Waals surface area contributed by atoms with Crippen LogP contribution in [0.2, 0.25) is 5.02 Å². The second-order valence-corrected chi connectivity index (χ2v) is 8.87. The molecule has 33 heavy (non-hydrogen) atoms. The highest BCUT2D eigenvalue weighted by atomic mass is 35.5. The normalized spacial score (nSPS) is 15.6. The summed E-state index contributed by atoms with van der Waals surface area (Å²) in [6, 6.07) is 18.5. The smallest absolute Gasteiger partial charge is 0.277 e. The summed E-state index contributed by atoms with van der Waals surface area (Å²) in [7, 11) is 0. The van der Waals surface area contributed by atoms with E-state index in [-0.39, 0.29) is 17.7 Å². The number of hydrogen-bond acceptors (Lipinski definition) is 7. The van der Waals surface area contributed by atoms with Gasteiger partial charge in [-0.3, -0.25) is 4.79 Å². The van der Waals surface area contributed by atoms with Gasteiger partial charge in [-0.25, -0.2) is 5.01 Å². The van der Waals surface area contributed by atoms with Gasteiger partial charge in [-0.15, -0.1) is 10.2 Å². The average molecular weight is 479 g/mol. The van der Waals surface area contributed by atoms with Gasteiger partial charge in [0.2, 0.25) is 5.89 Å². The van der Waals surface area contributed by atoms with Crippen LogP contribution in [-0.2, 0) is 4.79 Å². The molecule has 4 aromatic rings. The minimum Gasteiger partial charge on any atom is -0.467 e. The van der Waals surface area contributed by atoms with E-state index in [1.165, 1.54) is 16.8 Å². The zero-order chi connectivity index (χ0) is 22.8. The molecule has 166 valence electrons. The van der Waals surface area contributed by atoms with Gasteiger partial charge in [0.15, 0.2) is 0 Å². The van der Waals surface area contributed by atoms with E-state index in [1.807, 2.05) is 61.5 Å². The molecule has 0 fully saturated rings. The third kappa shape index (κ3) is 4.58. The molecule has 0 spiro atoms. The highest BCUT2D eigenvalue weighted by Gasteiger charge is 2.35. The first-order valence-corrected chi connectivity index (χ1v) is 11.7. The van der Waals surface area contributed by atoms with Crippen molar-refractivity contribution in [1.29, 1.82) is 0 Å². The number of carbonyl (C=O) groups is 1. The Morgan fingerprint density at radius 2 is 1.94 bits per heavy atom. The first-order chi connectivity index (χ1) is 16.1. The minimum atomic E-state index is -0.316. The van der Waals surface area contributed by atoms with E-state index in [2.05, 4.69) is 15.3 Å². The predicted octanol–water partition coefficient (Wildman–Crippen LogP) is 5.76. The van der Waals surface area contributed by atoms with Gasteiger partial charge in [-0.2, -0.15) is 5.10 Å². The Bertz CT molecular complexity index is 1300. The first-order valence-electron chi connectivity index (χ1n) is 10.3. The van der Waals surface area contributed by atoms with Gasteiger partial charge in [-0.05, 0) is 48.4 Å². The van der Waals surface area contributed by atoms with E-state index < -0.39 is 0 Å².